The summed E-state index contributed by atoms with van der Waals surface area (Å²) >= 11 is 1.53. The summed E-state index contributed by atoms with van der Waals surface area (Å²) in [5, 5.41) is 16.3. The molecule has 4 atom stereocenters. The first kappa shape index (κ1) is 28.0. The number of nitrogens with zero attached hydrogens (tertiary/aromatic N) is 3. The molecule has 3 aromatic rings. The Hall–Kier alpha value is -4.19. The third kappa shape index (κ3) is 4.83. The number of thiazole rings is 1. The van der Waals surface area contributed by atoms with E-state index in [0.717, 1.165) is 39.4 Å². The Morgan fingerprint density at radius 3 is 2.64 bits per heavy atom. The molecule has 1 aliphatic heterocycles. The Kier molecular flexibility index (Phi) is 7.04. The van der Waals surface area contributed by atoms with Crippen molar-refractivity contribution in [2.75, 3.05) is 20.8 Å². The number of carboxylic acid groups (broad SMARTS) is 1. The Morgan fingerprint density at radius 1 is 1.21 bits per heavy atom. The second kappa shape index (κ2) is 10.6. The lowest BCUT2D eigenvalue weighted by atomic mass is 10.1. The molecule has 1 saturated heterocycles. The number of carbonyl (C=O) groups is 3. The van der Waals surface area contributed by atoms with Crippen molar-refractivity contribution in [1.29, 1.82) is 0 Å². The van der Waals surface area contributed by atoms with Gasteiger partial charge in [-0.3, -0.25) is 9.69 Å². The number of aryl methyl sites for hydroxylation is 1. The van der Waals surface area contributed by atoms with Crippen LogP contribution in [0, 0.1) is 12.8 Å². The fourth-order valence-electron chi connectivity index (χ4n) is 5.79. The minimum Gasteiger partial charge on any atom is -0.496 e. The van der Waals surface area contributed by atoms with E-state index < -0.39 is 35.7 Å². The normalized spacial score (nSPS) is 24.7. The highest BCUT2D eigenvalue weighted by Crippen LogP contribution is 2.46. The van der Waals surface area contributed by atoms with Crippen LogP contribution in [0.25, 0.3) is 21.6 Å². The number of esters is 1. The molecule has 0 bridgehead atoms. The third-order valence-corrected chi connectivity index (χ3v) is 9.29. The molecule has 42 heavy (non-hydrogen) atoms. The van der Waals surface area contributed by atoms with E-state index in [4.69, 9.17) is 24.2 Å². The minimum atomic E-state index is -1.25. The number of fused-ring (bicyclic) bond motifs is 1. The number of hydrogen-bond acceptors (Lipinski definition) is 9. The number of rotatable bonds is 9. The fraction of sp³-hybridized carbons (Fsp3) is 0.433. The number of aromatic nitrogens is 2. The van der Waals surface area contributed by atoms with Gasteiger partial charge in [0.15, 0.2) is 0 Å². The highest BCUT2D eigenvalue weighted by Gasteiger charge is 2.61. The van der Waals surface area contributed by atoms with Crippen molar-refractivity contribution in [2.45, 2.75) is 56.2 Å². The summed E-state index contributed by atoms with van der Waals surface area (Å²) in [6, 6.07) is 4.48. The van der Waals surface area contributed by atoms with Gasteiger partial charge < -0.3 is 24.6 Å². The SMILES string of the molecule is C=C[C@@H]1C[C@]1(NC(=O)[C@@H]1C[C@@H](Oc2cc(-c3nc(C4CC4)cs3)nc3c(C)c(OC)ccc23)CN1C(=O)O)C(=O)OC. The highest BCUT2D eigenvalue weighted by molar-refractivity contribution is 7.13. The smallest absolute Gasteiger partial charge is 0.408 e. The first-order valence-electron chi connectivity index (χ1n) is 13.8. The van der Waals surface area contributed by atoms with E-state index in [0.29, 0.717) is 35.0 Å². The van der Waals surface area contributed by atoms with Crippen LogP contribution in [0.2, 0.25) is 0 Å². The topological polar surface area (TPSA) is 140 Å². The average molecular weight is 593 g/mol. The molecule has 2 saturated carbocycles. The Balaban J connectivity index is 1.30. The minimum absolute atomic E-state index is 0.0269. The summed E-state index contributed by atoms with van der Waals surface area (Å²) in [6.07, 6.45) is 2.45. The maximum absolute atomic E-state index is 13.4. The molecular weight excluding hydrogens is 560 g/mol. The number of hydrogen-bond donors (Lipinski definition) is 2. The Bertz CT molecular complexity index is 1600. The molecule has 2 amide bonds. The molecule has 12 heteroatoms. The molecule has 3 aliphatic rings. The fourth-order valence-corrected chi connectivity index (χ4v) is 6.65. The van der Waals surface area contributed by atoms with Crippen molar-refractivity contribution in [3.63, 3.8) is 0 Å². The monoisotopic (exact) mass is 592 g/mol. The molecule has 0 spiro atoms. The maximum atomic E-state index is 13.4. The number of amides is 2. The van der Waals surface area contributed by atoms with Gasteiger partial charge in [-0.05, 0) is 38.3 Å². The van der Waals surface area contributed by atoms with Crippen molar-refractivity contribution < 1.29 is 33.7 Å². The van der Waals surface area contributed by atoms with Gasteiger partial charge in [0.1, 0.15) is 39.9 Å². The average Bonchev–Trinajstić information content (AvgIpc) is 3.85. The number of benzene rings is 1. The number of carbonyl (C=O) groups excluding carboxylic acids is 2. The maximum Gasteiger partial charge on any atom is 0.408 e. The van der Waals surface area contributed by atoms with E-state index in [1.165, 1.54) is 18.4 Å². The number of methoxy groups -OCH3 is 2. The van der Waals surface area contributed by atoms with Crippen LogP contribution in [-0.2, 0) is 14.3 Å². The summed E-state index contributed by atoms with van der Waals surface area (Å²) in [5.74, 6) is 0.265. The second-order valence-electron chi connectivity index (χ2n) is 11.1. The lowest BCUT2D eigenvalue weighted by Crippen LogP contribution is -2.53. The van der Waals surface area contributed by atoms with E-state index >= 15 is 0 Å². The van der Waals surface area contributed by atoms with E-state index in [2.05, 4.69) is 17.3 Å². The lowest BCUT2D eigenvalue weighted by Gasteiger charge is -2.23. The van der Waals surface area contributed by atoms with E-state index in [1.807, 2.05) is 25.1 Å². The van der Waals surface area contributed by atoms with Crippen LogP contribution >= 0.6 is 11.3 Å². The molecule has 2 N–H and O–H groups in total. The third-order valence-electron chi connectivity index (χ3n) is 8.40. The zero-order valence-corrected chi connectivity index (χ0v) is 24.4. The number of likely N-dealkylation sites (tertiary alicyclic amines) is 1. The van der Waals surface area contributed by atoms with Crippen LogP contribution in [0.1, 0.15) is 42.9 Å². The highest BCUT2D eigenvalue weighted by atomic mass is 32.1. The van der Waals surface area contributed by atoms with Gasteiger partial charge in [-0.1, -0.05) is 6.08 Å². The molecular formula is C30H32N4O7S. The molecule has 2 aliphatic carbocycles. The van der Waals surface area contributed by atoms with Gasteiger partial charge in [0.2, 0.25) is 5.91 Å². The molecule has 3 fully saturated rings. The van der Waals surface area contributed by atoms with Crippen LogP contribution in [-0.4, -0.2) is 76.4 Å². The van der Waals surface area contributed by atoms with Gasteiger partial charge in [0.25, 0.3) is 0 Å². The van der Waals surface area contributed by atoms with Gasteiger partial charge in [-0.2, -0.15) is 0 Å². The van der Waals surface area contributed by atoms with Gasteiger partial charge in [-0.25, -0.2) is 19.6 Å². The van der Waals surface area contributed by atoms with Crippen LogP contribution in [0.15, 0.2) is 36.2 Å². The van der Waals surface area contributed by atoms with E-state index in [-0.39, 0.29) is 18.9 Å². The molecule has 0 unspecified atom stereocenters. The summed E-state index contributed by atoms with van der Waals surface area (Å²) in [7, 11) is 2.85. The zero-order chi connectivity index (χ0) is 29.8. The second-order valence-corrected chi connectivity index (χ2v) is 11.9. The number of ether oxygens (including phenoxy) is 3. The Morgan fingerprint density at radius 2 is 2.00 bits per heavy atom. The van der Waals surface area contributed by atoms with E-state index in [9.17, 15) is 19.5 Å². The van der Waals surface area contributed by atoms with Gasteiger partial charge >= 0.3 is 12.1 Å². The van der Waals surface area contributed by atoms with E-state index in [1.54, 1.807) is 13.2 Å². The predicted molar refractivity (Wildman–Crippen MR) is 155 cm³/mol. The van der Waals surface area contributed by atoms with Crippen molar-refractivity contribution >= 4 is 40.2 Å². The summed E-state index contributed by atoms with van der Waals surface area (Å²) in [5.41, 5.74) is 2.03. The number of pyridine rings is 1. The van der Waals surface area contributed by atoms with Crippen molar-refractivity contribution in [3.8, 4) is 22.2 Å². The molecule has 6 rings (SSSR count). The van der Waals surface area contributed by atoms with Crippen LogP contribution in [0.4, 0.5) is 4.79 Å². The molecule has 3 heterocycles. The largest absolute Gasteiger partial charge is 0.496 e. The van der Waals surface area contributed by atoms with Crippen molar-refractivity contribution in [3.05, 3.63) is 47.5 Å². The summed E-state index contributed by atoms with van der Waals surface area (Å²) < 4.78 is 16.9. The molecule has 2 aromatic heterocycles. The van der Waals surface area contributed by atoms with Crippen LogP contribution in [0.5, 0.6) is 11.5 Å². The van der Waals surface area contributed by atoms with Crippen LogP contribution < -0.4 is 14.8 Å². The zero-order valence-electron chi connectivity index (χ0n) is 23.6. The summed E-state index contributed by atoms with van der Waals surface area (Å²) in [4.78, 5) is 48.8. The molecule has 0 radical (unpaired) electrons. The molecule has 11 nitrogen and oxygen atoms in total. The Labute approximate surface area is 246 Å². The molecule has 1 aromatic carbocycles. The predicted octanol–water partition coefficient (Wildman–Crippen LogP) is 4.29. The van der Waals surface area contributed by atoms with Crippen molar-refractivity contribution in [1.82, 2.24) is 20.2 Å². The quantitative estimate of drug-likeness (QED) is 0.275. The van der Waals surface area contributed by atoms with Gasteiger partial charge in [0, 0.05) is 40.7 Å². The number of nitrogens with one attached hydrogen (secondary N) is 1. The van der Waals surface area contributed by atoms with Crippen LogP contribution in [0.3, 0.4) is 0 Å². The van der Waals surface area contributed by atoms with Crippen molar-refractivity contribution in [2.24, 2.45) is 5.92 Å². The van der Waals surface area contributed by atoms with Gasteiger partial charge in [0.05, 0.1) is 32.0 Å². The first-order chi connectivity index (χ1) is 20.2. The molecule has 220 valence electrons. The first-order valence-corrected chi connectivity index (χ1v) is 14.7. The standard InChI is InChI=1S/C30H32N4O7S/c1-5-17-12-30(17,28(36)40-4)33-26(35)22-10-18(13-34(22)29(37)38)41-24-11-20(27-32-21(14-42-27)16-6-7-16)31-25-15(2)23(39-3)9-8-19(24)25/h5,8-9,11,14,16-18,22H,1,6-7,10,12-13H2,2-4H3,(H,33,35)(H,37,38)/t17-,18-,22+,30-/m1/s1. The summed E-state index contributed by atoms with van der Waals surface area (Å²) in [6.45, 7) is 5.62. The van der Waals surface area contributed by atoms with Gasteiger partial charge in [-0.15, -0.1) is 17.9 Å². The lowest BCUT2D eigenvalue weighted by molar-refractivity contribution is -0.147.